The summed E-state index contributed by atoms with van der Waals surface area (Å²) in [4.78, 5) is 39.9. The summed E-state index contributed by atoms with van der Waals surface area (Å²) in [5.41, 5.74) is 18.2. The lowest BCUT2D eigenvalue weighted by molar-refractivity contribution is -0.107. The lowest BCUT2D eigenvalue weighted by atomic mass is 9.94. The zero-order chi connectivity index (χ0) is 32.1. The van der Waals surface area contributed by atoms with E-state index in [0.29, 0.717) is 24.4 Å². The molecule has 1 aliphatic heterocycles. The Morgan fingerprint density at radius 3 is 2.43 bits per heavy atom. The standard InChI is InChI=1S/C30H46ClN9O4/c1-20(6-8-23(42)21-7-9-24(43)22(19-21)10-18-41)5-4-13-40-16-14-39(15-17-40)12-3-2-11-35-30(34)38-29(44)25-27(32)37-28(33)26(31)36-25/h7,9,18-20,23,42-43H,2-6,8,10-17H2,1H3,(H4,32,33,37)(H3,34,35,38,44)/t20-,23+/m1/s1. The van der Waals surface area contributed by atoms with Crippen molar-refractivity contribution in [3.8, 4) is 5.75 Å². The molecule has 0 unspecified atom stereocenters. The van der Waals surface area contributed by atoms with Crippen LogP contribution in [0.3, 0.4) is 0 Å². The summed E-state index contributed by atoms with van der Waals surface area (Å²) in [6.45, 7) is 8.95. The number of aliphatic hydroxyl groups excluding tert-OH is 1. The molecule has 2 atom stereocenters. The van der Waals surface area contributed by atoms with E-state index in [4.69, 9.17) is 28.8 Å². The van der Waals surface area contributed by atoms with Crippen molar-refractivity contribution in [2.75, 3.05) is 57.3 Å². The molecule has 0 spiro atoms. The van der Waals surface area contributed by atoms with Gasteiger partial charge in [0.2, 0.25) is 0 Å². The van der Waals surface area contributed by atoms with E-state index in [1.165, 1.54) is 0 Å². The van der Waals surface area contributed by atoms with Gasteiger partial charge in [0.05, 0.1) is 6.10 Å². The van der Waals surface area contributed by atoms with E-state index >= 15 is 0 Å². The first-order valence-corrected chi connectivity index (χ1v) is 15.5. The number of benzene rings is 1. The van der Waals surface area contributed by atoms with Crippen molar-refractivity contribution in [1.82, 2.24) is 25.1 Å². The summed E-state index contributed by atoms with van der Waals surface area (Å²) in [5, 5.41) is 22.8. The number of nitrogens with one attached hydrogen (secondary N) is 1. The summed E-state index contributed by atoms with van der Waals surface area (Å²) < 4.78 is 0. The van der Waals surface area contributed by atoms with E-state index in [1.54, 1.807) is 18.2 Å². The topological polar surface area (TPSA) is 209 Å². The predicted octanol–water partition coefficient (Wildman–Crippen LogP) is 2.11. The largest absolute Gasteiger partial charge is 0.508 e. The number of amides is 1. The first-order valence-electron chi connectivity index (χ1n) is 15.1. The maximum absolute atomic E-state index is 12.3. The zero-order valence-electron chi connectivity index (χ0n) is 25.4. The van der Waals surface area contributed by atoms with E-state index in [9.17, 15) is 19.8 Å². The van der Waals surface area contributed by atoms with Gasteiger partial charge in [-0.2, -0.15) is 0 Å². The van der Waals surface area contributed by atoms with Crippen LogP contribution in [-0.4, -0.2) is 93.9 Å². The smallest absolute Gasteiger partial charge is 0.280 e. The maximum atomic E-state index is 12.3. The number of aldehydes is 1. The van der Waals surface area contributed by atoms with Crippen LogP contribution in [-0.2, 0) is 11.2 Å². The molecule has 44 heavy (non-hydrogen) atoms. The van der Waals surface area contributed by atoms with Gasteiger partial charge >= 0.3 is 0 Å². The summed E-state index contributed by atoms with van der Waals surface area (Å²) in [6, 6.07) is 4.99. The molecule has 1 aromatic carbocycles. The average molecular weight is 632 g/mol. The van der Waals surface area contributed by atoms with Gasteiger partial charge in [0, 0.05) is 44.7 Å². The van der Waals surface area contributed by atoms with Crippen LogP contribution in [0.15, 0.2) is 23.2 Å². The number of carbonyl (C=O) groups excluding carboxylic acids is 2. The number of aromatic hydroxyl groups is 1. The minimum absolute atomic E-state index is 0.0229. The number of nitrogens with two attached hydrogens (primary N) is 3. The van der Waals surface area contributed by atoms with Crippen molar-refractivity contribution in [2.24, 2.45) is 16.6 Å². The van der Waals surface area contributed by atoms with Gasteiger partial charge < -0.3 is 42.0 Å². The van der Waals surface area contributed by atoms with Crippen molar-refractivity contribution in [3.05, 3.63) is 40.2 Å². The highest BCUT2D eigenvalue weighted by molar-refractivity contribution is 6.31. The SMILES string of the molecule is C[C@H](CCCN1CCN(CCCCN=C(N)NC(=O)c2nc(Cl)c(N)nc2N)CC1)CC[C@H](O)c1ccc(O)c(CC=O)c1. The molecule has 1 aliphatic rings. The molecule has 1 aromatic heterocycles. The Balaban J connectivity index is 1.24. The van der Waals surface area contributed by atoms with Crippen molar-refractivity contribution in [1.29, 1.82) is 0 Å². The van der Waals surface area contributed by atoms with Gasteiger partial charge in [-0.1, -0.05) is 24.6 Å². The number of aromatic nitrogens is 2. The van der Waals surface area contributed by atoms with Crippen LogP contribution in [0.5, 0.6) is 5.75 Å². The molecule has 0 radical (unpaired) electrons. The molecule has 1 amide bonds. The number of rotatable bonds is 16. The van der Waals surface area contributed by atoms with Crippen LogP contribution in [0, 0.1) is 5.92 Å². The van der Waals surface area contributed by atoms with E-state index < -0.39 is 12.0 Å². The van der Waals surface area contributed by atoms with Gasteiger partial charge in [-0.15, -0.1) is 0 Å². The molecule has 9 N–H and O–H groups in total. The molecule has 0 saturated carbocycles. The number of aliphatic hydroxyl groups is 1. The molecule has 14 heteroatoms. The average Bonchev–Trinajstić information content (AvgIpc) is 2.99. The lowest BCUT2D eigenvalue weighted by Crippen LogP contribution is -2.46. The highest BCUT2D eigenvalue weighted by Gasteiger charge is 2.18. The summed E-state index contributed by atoms with van der Waals surface area (Å²) in [5.74, 6) is -0.280. The molecule has 1 fully saturated rings. The number of hydrogen-bond donors (Lipinski definition) is 6. The number of hydrogen-bond acceptors (Lipinski definition) is 11. The Hall–Kier alpha value is -3.52. The monoisotopic (exact) mass is 631 g/mol. The molecule has 3 rings (SSSR count). The van der Waals surface area contributed by atoms with E-state index in [2.05, 4.69) is 37.0 Å². The third kappa shape index (κ3) is 11.2. The van der Waals surface area contributed by atoms with Crippen LogP contribution >= 0.6 is 11.6 Å². The van der Waals surface area contributed by atoms with Crippen LogP contribution in [0.25, 0.3) is 0 Å². The molecular weight excluding hydrogens is 586 g/mol. The number of halogens is 1. The third-order valence-electron chi connectivity index (χ3n) is 7.89. The number of guanidine groups is 1. The van der Waals surface area contributed by atoms with Crippen molar-refractivity contribution < 1.29 is 19.8 Å². The number of nitrogens with zero attached hydrogens (tertiary/aromatic N) is 5. The fourth-order valence-corrected chi connectivity index (χ4v) is 5.32. The molecule has 1 saturated heterocycles. The number of anilines is 2. The van der Waals surface area contributed by atoms with Crippen LogP contribution in [0.4, 0.5) is 11.6 Å². The number of piperazine rings is 1. The summed E-state index contributed by atoms with van der Waals surface area (Å²) >= 11 is 5.82. The fourth-order valence-electron chi connectivity index (χ4n) is 5.19. The Labute approximate surface area is 263 Å². The highest BCUT2D eigenvalue weighted by atomic mass is 35.5. The van der Waals surface area contributed by atoms with Crippen LogP contribution in [0.1, 0.15) is 73.2 Å². The first-order chi connectivity index (χ1) is 21.1. The van der Waals surface area contributed by atoms with Gasteiger partial charge in [-0.05, 0) is 75.2 Å². The number of phenols is 1. The van der Waals surface area contributed by atoms with Gasteiger partial charge in [0.25, 0.3) is 5.91 Å². The number of phenolic OH excluding ortho intramolecular Hbond substituents is 1. The Morgan fingerprint density at radius 1 is 1.07 bits per heavy atom. The minimum atomic E-state index is -0.652. The quantitative estimate of drug-likeness (QED) is 0.0684. The second kappa shape index (κ2) is 17.7. The first kappa shape index (κ1) is 35.0. The van der Waals surface area contributed by atoms with Crippen molar-refractivity contribution >= 4 is 41.4 Å². The molecule has 2 aromatic rings. The molecule has 0 aliphatic carbocycles. The van der Waals surface area contributed by atoms with Crippen LogP contribution in [0.2, 0.25) is 5.15 Å². The summed E-state index contributed by atoms with van der Waals surface area (Å²) in [7, 11) is 0. The second-order valence-corrected chi connectivity index (χ2v) is 11.7. The molecular formula is C30H46ClN9O4. The highest BCUT2D eigenvalue weighted by Crippen LogP contribution is 2.27. The minimum Gasteiger partial charge on any atom is -0.508 e. The molecule has 242 valence electrons. The van der Waals surface area contributed by atoms with Crippen molar-refractivity contribution in [2.45, 2.75) is 58.0 Å². The van der Waals surface area contributed by atoms with Gasteiger partial charge in [0.15, 0.2) is 28.4 Å². The van der Waals surface area contributed by atoms with E-state index in [0.717, 1.165) is 83.2 Å². The Bertz CT molecular complexity index is 1270. The number of unbranched alkanes of at least 4 members (excludes halogenated alkanes) is 1. The van der Waals surface area contributed by atoms with Crippen molar-refractivity contribution in [3.63, 3.8) is 0 Å². The van der Waals surface area contributed by atoms with Gasteiger partial charge in [0.1, 0.15) is 12.0 Å². The third-order valence-corrected chi connectivity index (χ3v) is 8.16. The van der Waals surface area contributed by atoms with E-state index in [1.807, 2.05) is 0 Å². The van der Waals surface area contributed by atoms with Crippen LogP contribution < -0.4 is 22.5 Å². The maximum Gasteiger partial charge on any atom is 0.280 e. The number of nitrogen functional groups attached to an aromatic ring is 2. The molecule has 0 bridgehead atoms. The fraction of sp³-hybridized carbons (Fsp3) is 0.567. The second-order valence-electron chi connectivity index (χ2n) is 11.3. The molecule has 13 nitrogen and oxygen atoms in total. The normalized spacial score (nSPS) is 16.0. The number of carbonyl (C=O) groups is 2. The van der Waals surface area contributed by atoms with Gasteiger partial charge in [-0.3, -0.25) is 15.1 Å². The predicted molar refractivity (Wildman–Crippen MR) is 172 cm³/mol. The van der Waals surface area contributed by atoms with E-state index in [-0.39, 0.29) is 40.6 Å². The zero-order valence-corrected chi connectivity index (χ0v) is 26.2. The molecule has 2 heterocycles. The summed E-state index contributed by atoms with van der Waals surface area (Å²) in [6.07, 6.45) is 5.92. The Morgan fingerprint density at radius 2 is 1.75 bits per heavy atom. The number of aliphatic imine (C=N–C) groups is 1. The Kier molecular flexibility index (Phi) is 14.1. The van der Waals surface area contributed by atoms with Gasteiger partial charge in [-0.25, -0.2) is 9.97 Å². The lowest BCUT2D eigenvalue weighted by Gasteiger charge is -2.34.